The van der Waals surface area contributed by atoms with Crippen molar-refractivity contribution in [2.24, 2.45) is 0 Å². The number of benzene rings is 2. The Bertz CT molecular complexity index is 948. The molecule has 0 unspecified atom stereocenters. The molecule has 0 aliphatic rings. The Hall–Kier alpha value is -1.90. The van der Waals surface area contributed by atoms with Crippen molar-refractivity contribution in [3.05, 3.63) is 63.7 Å². The van der Waals surface area contributed by atoms with Gasteiger partial charge in [-0.25, -0.2) is 4.98 Å². The number of rotatable bonds is 2. The van der Waals surface area contributed by atoms with E-state index in [-0.39, 0.29) is 0 Å². The van der Waals surface area contributed by atoms with Crippen LogP contribution in [0.3, 0.4) is 0 Å². The third-order valence-electron chi connectivity index (χ3n) is 4.18. The Kier molecular flexibility index (Phi) is 4.13. The zero-order valence-electron chi connectivity index (χ0n) is 13.1. The minimum atomic E-state index is -0.496. The molecule has 0 atom stereocenters. The summed E-state index contributed by atoms with van der Waals surface area (Å²) in [5.74, 6) is 0. The summed E-state index contributed by atoms with van der Waals surface area (Å²) >= 11 is 12.0. The highest BCUT2D eigenvalue weighted by atomic mass is 35.5. The SMILES string of the molecule is Cc1ccc(-c2cc(C(=O)Cl)c3ccc(Cl)c(C)c3n2)cc1C. The summed E-state index contributed by atoms with van der Waals surface area (Å²) in [6.07, 6.45) is 0. The first kappa shape index (κ1) is 16.0. The van der Waals surface area contributed by atoms with Crippen molar-refractivity contribution in [3.63, 3.8) is 0 Å². The van der Waals surface area contributed by atoms with Crippen LogP contribution in [0.4, 0.5) is 0 Å². The maximum Gasteiger partial charge on any atom is 0.253 e. The molecule has 1 heterocycles. The highest BCUT2D eigenvalue weighted by Crippen LogP contribution is 2.31. The number of nitrogens with zero attached hydrogens (tertiary/aromatic N) is 1. The van der Waals surface area contributed by atoms with Crippen molar-refractivity contribution >= 4 is 39.3 Å². The first-order chi connectivity index (χ1) is 10.9. The summed E-state index contributed by atoms with van der Waals surface area (Å²) in [5.41, 5.74) is 6.05. The van der Waals surface area contributed by atoms with Crippen LogP contribution in [0.5, 0.6) is 0 Å². The average molecular weight is 344 g/mol. The number of hydrogen-bond acceptors (Lipinski definition) is 2. The van der Waals surface area contributed by atoms with Crippen LogP contribution in [0, 0.1) is 20.8 Å². The van der Waals surface area contributed by atoms with Gasteiger partial charge in [0, 0.05) is 21.5 Å². The van der Waals surface area contributed by atoms with Gasteiger partial charge in [-0.15, -0.1) is 0 Å². The lowest BCUT2D eigenvalue weighted by molar-refractivity contribution is 0.108. The quantitative estimate of drug-likeness (QED) is 0.545. The molecule has 3 aromatic rings. The lowest BCUT2D eigenvalue weighted by Crippen LogP contribution is -1.98. The number of fused-ring (bicyclic) bond motifs is 1. The van der Waals surface area contributed by atoms with E-state index in [0.29, 0.717) is 16.1 Å². The average Bonchev–Trinajstić information content (AvgIpc) is 2.52. The second kappa shape index (κ2) is 5.95. The molecule has 0 spiro atoms. The zero-order valence-corrected chi connectivity index (χ0v) is 14.6. The van der Waals surface area contributed by atoms with Gasteiger partial charge < -0.3 is 0 Å². The van der Waals surface area contributed by atoms with Gasteiger partial charge in [0.05, 0.1) is 11.2 Å². The largest absolute Gasteiger partial charge is 0.276 e. The maximum absolute atomic E-state index is 11.9. The maximum atomic E-state index is 11.9. The highest BCUT2D eigenvalue weighted by Gasteiger charge is 2.15. The van der Waals surface area contributed by atoms with Crippen LogP contribution in [-0.4, -0.2) is 10.2 Å². The van der Waals surface area contributed by atoms with Crippen LogP contribution >= 0.6 is 23.2 Å². The molecule has 2 aromatic carbocycles. The summed E-state index contributed by atoms with van der Waals surface area (Å²) in [5, 5.41) is 0.846. The number of aryl methyl sites for hydroxylation is 3. The third kappa shape index (κ3) is 2.85. The molecule has 0 radical (unpaired) electrons. The van der Waals surface area contributed by atoms with E-state index in [4.69, 9.17) is 28.2 Å². The van der Waals surface area contributed by atoms with E-state index >= 15 is 0 Å². The fourth-order valence-electron chi connectivity index (χ4n) is 2.62. The predicted molar refractivity (Wildman–Crippen MR) is 96.6 cm³/mol. The number of hydrogen-bond donors (Lipinski definition) is 0. The molecule has 23 heavy (non-hydrogen) atoms. The third-order valence-corrected chi connectivity index (χ3v) is 4.80. The van der Waals surface area contributed by atoms with Gasteiger partial charge in [-0.1, -0.05) is 29.8 Å². The van der Waals surface area contributed by atoms with Gasteiger partial charge in [0.1, 0.15) is 0 Å². The van der Waals surface area contributed by atoms with Crippen molar-refractivity contribution < 1.29 is 4.79 Å². The van der Waals surface area contributed by atoms with Crippen molar-refractivity contribution in [2.45, 2.75) is 20.8 Å². The van der Waals surface area contributed by atoms with Crippen molar-refractivity contribution in [2.75, 3.05) is 0 Å². The van der Waals surface area contributed by atoms with Gasteiger partial charge in [0.15, 0.2) is 0 Å². The van der Waals surface area contributed by atoms with Crippen LogP contribution in [-0.2, 0) is 0 Å². The fraction of sp³-hybridized carbons (Fsp3) is 0.158. The molecule has 0 bridgehead atoms. The second-order valence-corrected chi connectivity index (χ2v) is 6.45. The molecule has 0 amide bonds. The van der Waals surface area contributed by atoms with Gasteiger partial charge in [-0.2, -0.15) is 0 Å². The van der Waals surface area contributed by atoms with E-state index in [1.54, 1.807) is 18.2 Å². The lowest BCUT2D eigenvalue weighted by Gasteiger charge is -2.11. The van der Waals surface area contributed by atoms with E-state index in [9.17, 15) is 4.79 Å². The molecule has 2 nitrogen and oxygen atoms in total. The molecular formula is C19H15Cl2NO. The standard InChI is InChI=1S/C19H15Cl2NO/c1-10-4-5-13(8-11(10)2)17-9-15(19(21)23)14-6-7-16(20)12(3)18(14)22-17/h4-9H,1-3H3. The summed E-state index contributed by atoms with van der Waals surface area (Å²) in [6.45, 7) is 6.00. The molecule has 3 rings (SSSR count). The number of carbonyl (C=O) groups is 1. The lowest BCUT2D eigenvalue weighted by atomic mass is 10.00. The van der Waals surface area contributed by atoms with E-state index in [1.165, 1.54) is 11.1 Å². The molecule has 0 saturated heterocycles. The molecule has 0 N–H and O–H groups in total. The van der Waals surface area contributed by atoms with Crippen LogP contribution < -0.4 is 0 Å². The van der Waals surface area contributed by atoms with E-state index in [1.807, 2.05) is 19.1 Å². The predicted octanol–water partition coefficient (Wildman–Crippen LogP) is 5.86. The molecule has 0 aliphatic heterocycles. The smallest absolute Gasteiger partial charge is 0.253 e. The Morgan fingerprint density at radius 3 is 2.39 bits per heavy atom. The molecule has 116 valence electrons. The minimum absolute atomic E-state index is 0.449. The minimum Gasteiger partial charge on any atom is -0.276 e. The Balaban J connectivity index is 2.35. The monoisotopic (exact) mass is 343 g/mol. The summed E-state index contributed by atoms with van der Waals surface area (Å²) in [6, 6.07) is 11.4. The summed E-state index contributed by atoms with van der Waals surface area (Å²) in [7, 11) is 0. The molecule has 0 fully saturated rings. The highest BCUT2D eigenvalue weighted by molar-refractivity contribution is 6.68. The number of carbonyl (C=O) groups excluding carboxylic acids is 1. The van der Waals surface area contributed by atoms with E-state index in [0.717, 1.165) is 22.2 Å². The first-order valence-corrected chi connectivity index (χ1v) is 8.01. The Morgan fingerprint density at radius 1 is 1.00 bits per heavy atom. The molecule has 1 aromatic heterocycles. The fourth-order valence-corrected chi connectivity index (χ4v) is 2.92. The number of aromatic nitrogens is 1. The van der Waals surface area contributed by atoms with Crippen molar-refractivity contribution in [3.8, 4) is 11.3 Å². The second-order valence-electron chi connectivity index (χ2n) is 5.70. The molecule has 4 heteroatoms. The van der Waals surface area contributed by atoms with Gasteiger partial charge in [-0.05, 0) is 67.3 Å². The van der Waals surface area contributed by atoms with Crippen LogP contribution in [0.25, 0.3) is 22.2 Å². The number of pyridine rings is 1. The van der Waals surface area contributed by atoms with Crippen LogP contribution in [0.2, 0.25) is 5.02 Å². The zero-order chi connectivity index (χ0) is 16.7. The van der Waals surface area contributed by atoms with Crippen LogP contribution in [0.1, 0.15) is 27.0 Å². The van der Waals surface area contributed by atoms with Crippen molar-refractivity contribution in [1.29, 1.82) is 0 Å². The molecule has 0 aliphatic carbocycles. The van der Waals surface area contributed by atoms with Crippen LogP contribution in [0.15, 0.2) is 36.4 Å². The summed E-state index contributed by atoms with van der Waals surface area (Å²) in [4.78, 5) is 16.6. The van der Waals surface area contributed by atoms with Gasteiger partial charge in [0.25, 0.3) is 5.24 Å². The van der Waals surface area contributed by atoms with Gasteiger partial charge in [-0.3, -0.25) is 4.79 Å². The van der Waals surface area contributed by atoms with Gasteiger partial charge in [0.2, 0.25) is 0 Å². The molecule has 0 saturated carbocycles. The number of halogens is 2. The molecular weight excluding hydrogens is 329 g/mol. The Morgan fingerprint density at radius 2 is 1.74 bits per heavy atom. The van der Waals surface area contributed by atoms with E-state index < -0.39 is 5.24 Å². The Labute approximate surface area is 145 Å². The summed E-state index contributed by atoms with van der Waals surface area (Å²) < 4.78 is 0. The topological polar surface area (TPSA) is 30.0 Å². The van der Waals surface area contributed by atoms with Gasteiger partial charge >= 0.3 is 0 Å². The normalized spacial score (nSPS) is 11.0. The van der Waals surface area contributed by atoms with E-state index in [2.05, 4.69) is 19.9 Å². The first-order valence-electron chi connectivity index (χ1n) is 7.26. The van der Waals surface area contributed by atoms with Crippen molar-refractivity contribution in [1.82, 2.24) is 4.98 Å².